The number of benzene rings is 2. The summed E-state index contributed by atoms with van der Waals surface area (Å²) in [6, 6.07) is 19.1. The molecule has 4 rings (SSSR count). The Hall–Kier alpha value is -3.54. The predicted molar refractivity (Wildman–Crippen MR) is 113 cm³/mol. The van der Waals surface area contributed by atoms with Crippen molar-refractivity contribution < 1.29 is 18.7 Å². The van der Waals surface area contributed by atoms with Crippen LogP contribution < -0.4 is 9.64 Å². The van der Waals surface area contributed by atoms with Crippen LogP contribution in [0.4, 0.5) is 5.69 Å². The van der Waals surface area contributed by atoms with Crippen molar-refractivity contribution in [2.75, 3.05) is 11.4 Å². The van der Waals surface area contributed by atoms with E-state index in [0.717, 1.165) is 11.1 Å². The molecule has 0 fully saturated rings. The second-order valence-electron chi connectivity index (χ2n) is 7.47. The van der Waals surface area contributed by atoms with Crippen molar-refractivity contribution in [1.82, 2.24) is 4.90 Å². The standard InChI is InChI=1S/C24H24N2O4/c1-17-10-11-22-21(13-17)26(24(28)18(2)30-22)16-23(27)25(15-20-9-6-12-29-20)14-19-7-4-3-5-8-19/h3-13,18H,14-16H2,1-2H3/t18-/m0/s1. The molecule has 0 N–H and O–H groups in total. The Morgan fingerprint density at radius 1 is 1.07 bits per heavy atom. The average Bonchev–Trinajstić information content (AvgIpc) is 3.25. The number of fused-ring (bicyclic) bond motifs is 1. The van der Waals surface area contributed by atoms with Crippen LogP contribution in [-0.4, -0.2) is 29.4 Å². The summed E-state index contributed by atoms with van der Waals surface area (Å²) < 4.78 is 11.2. The third kappa shape index (κ3) is 4.22. The smallest absolute Gasteiger partial charge is 0.268 e. The molecule has 6 heteroatoms. The first-order valence-corrected chi connectivity index (χ1v) is 9.94. The van der Waals surface area contributed by atoms with Gasteiger partial charge in [0, 0.05) is 6.54 Å². The maximum absolute atomic E-state index is 13.3. The molecule has 1 atom stereocenters. The van der Waals surface area contributed by atoms with Gasteiger partial charge in [0.15, 0.2) is 6.10 Å². The molecule has 0 saturated heterocycles. The first-order valence-electron chi connectivity index (χ1n) is 9.94. The zero-order valence-corrected chi connectivity index (χ0v) is 17.1. The number of hydrogen-bond donors (Lipinski definition) is 0. The molecule has 0 saturated carbocycles. The van der Waals surface area contributed by atoms with Crippen molar-refractivity contribution in [3.8, 4) is 5.75 Å². The van der Waals surface area contributed by atoms with Gasteiger partial charge in [-0.25, -0.2) is 0 Å². The van der Waals surface area contributed by atoms with E-state index in [2.05, 4.69) is 0 Å². The van der Waals surface area contributed by atoms with E-state index < -0.39 is 6.10 Å². The molecule has 0 spiro atoms. The Morgan fingerprint density at radius 2 is 1.87 bits per heavy atom. The van der Waals surface area contributed by atoms with Gasteiger partial charge in [0.2, 0.25) is 5.91 Å². The van der Waals surface area contributed by atoms with Crippen molar-refractivity contribution in [2.24, 2.45) is 0 Å². The highest BCUT2D eigenvalue weighted by Crippen LogP contribution is 2.34. The number of amides is 2. The van der Waals surface area contributed by atoms with Gasteiger partial charge in [-0.3, -0.25) is 14.5 Å². The maximum atomic E-state index is 13.3. The number of nitrogens with zero attached hydrogens (tertiary/aromatic N) is 2. The Kier molecular flexibility index (Phi) is 5.57. The summed E-state index contributed by atoms with van der Waals surface area (Å²) >= 11 is 0. The van der Waals surface area contributed by atoms with Crippen LogP contribution in [0.5, 0.6) is 5.75 Å². The number of furan rings is 1. The molecule has 6 nitrogen and oxygen atoms in total. The highest BCUT2D eigenvalue weighted by atomic mass is 16.5. The fourth-order valence-electron chi connectivity index (χ4n) is 3.54. The zero-order chi connectivity index (χ0) is 21.1. The largest absolute Gasteiger partial charge is 0.479 e. The van der Waals surface area contributed by atoms with Crippen LogP contribution in [0.15, 0.2) is 71.3 Å². The lowest BCUT2D eigenvalue weighted by atomic mass is 10.1. The fourth-order valence-corrected chi connectivity index (χ4v) is 3.54. The topological polar surface area (TPSA) is 63.0 Å². The van der Waals surface area contributed by atoms with Gasteiger partial charge in [-0.05, 0) is 49.2 Å². The minimum atomic E-state index is -0.638. The number of rotatable bonds is 6. The molecule has 2 heterocycles. The summed E-state index contributed by atoms with van der Waals surface area (Å²) in [5.74, 6) is 0.919. The minimum Gasteiger partial charge on any atom is -0.479 e. The molecule has 3 aromatic rings. The normalized spacial score (nSPS) is 15.5. The van der Waals surface area contributed by atoms with E-state index in [-0.39, 0.29) is 18.4 Å². The quantitative estimate of drug-likeness (QED) is 0.625. The molecule has 1 aliphatic heterocycles. The van der Waals surface area contributed by atoms with Crippen LogP contribution in [0.2, 0.25) is 0 Å². The first kappa shape index (κ1) is 19.8. The van der Waals surface area contributed by atoms with E-state index in [9.17, 15) is 9.59 Å². The van der Waals surface area contributed by atoms with E-state index >= 15 is 0 Å². The Morgan fingerprint density at radius 3 is 2.60 bits per heavy atom. The molecule has 154 valence electrons. The van der Waals surface area contributed by atoms with Gasteiger partial charge < -0.3 is 14.1 Å². The summed E-state index contributed by atoms with van der Waals surface area (Å²) in [5.41, 5.74) is 2.63. The van der Waals surface area contributed by atoms with E-state index in [4.69, 9.17) is 9.15 Å². The maximum Gasteiger partial charge on any atom is 0.268 e. The van der Waals surface area contributed by atoms with Gasteiger partial charge in [-0.2, -0.15) is 0 Å². The molecule has 30 heavy (non-hydrogen) atoms. The van der Waals surface area contributed by atoms with Gasteiger partial charge in [0.05, 0.1) is 18.5 Å². The molecule has 0 unspecified atom stereocenters. The van der Waals surface area contributed by atoms with Crippen molar-refractivity contribution in [2.45, 2.75) is 33.0 Å². The van der Waals surface area contributed by atoms with Crippen LogP contribution in [0.1, 0.15) is 23.8 Å². The molecule has 2 amide bonds. The third-order valence-corrected chi connectivity index (χ3v) is 5.11. The van der Waals surface area contributed by atoms with Gasteiger partial charge in [0.1, 0.15) is 18.1 Å². The number of carbonyl (C=O) groups is 2. The van der Waals surface area contributed by atoms with Crippen LogP contribution in [0.3, 0.4) is 0 Å². The van der Waals surface area contributed by atoms with Gasteiger partial charge >= 0.3 is 0 Å². The van der Waals surface area contributed by atoms with Crippen LogP contribution >= 0.6 is 0 Å². The van der Waals surface area contributed by atoms with Gasteiger partial charge in [0.25, 0.3) is 5.91 Å². The number of hydrogen-bond acceptors (Lipinski definition) is 4. The lowest BCUT2D eigenvalue weighted by Crippen LogP contribution is -2.49. The minimum absolute atomic E-state index is 0.0590. The zero-order valence-electron chi connectivity index (χ0n) is 17.1. The van der Waals surface area contributed by atoms with E-state index in [1.165, 1.54) is 4.90 Å². The Balaban J connectivity index is 1.60. The van der Waals surface area contributed by atoms with Gasteiger partial charge in [-0.1, -0.05) is 36.4 Å². The van der Waals surface area contributed by atoms with Crippen molar-refractivity contribution in [3.05, 3.63) is 83.8 Å². The summed E-state index contributed by atoms with van der Waals surface area (Å²) in [4.78, 5) is 29.4. The molecule has 0 aliphatic carbocycles. The lowest BCUT2D eigenvalue weighted by molar-refractivity contribution is -0.134. The summed E-state index contributed by atoms with van der Waals surface area (Å²) in [7, 11) is 0. The molecule has 2 aromatic carbocycles. The predicted octanol–water partition coefficient (Wildman–Crippen LogP) is 3.93. The molecule has 0 bridgehead atoms. The van der Waals surface area contributed by atoms with Crippen molar-refractivity contribution in [1.29, 1.82) is 0 Å². The third-order valence-electron chi connectivity index (χ3n) is 5.11. The molecule has 1 aliphatic rings. The summed E-state index contributed by atoms with van der Waals surface area (Å²) in [6.07, 6.45) is 0.952. The number of anilines is 1. The second-order valence-corrected chi connectivity index (χ2v) is 7.47. The van der Waals surface area contributed by atoms with Crippen LogP contribution in [-0.2, 0) is 22.7 Å². The van der Waals surface area contributed by atoms with E-state index in [1.807, 2.05) is 61.5 Å². The molecule has 1 aromatic heterocycles. The monoisotopic (exact) mass is 404 g/mol. The Bertz CT molecular complexity index is 1030. The highest BCUT2D eigenvalue weighted by molar-refractivity contribution is 6.03. The fraction of sp³-hybridized carbons (Fsp3) is 0.250. The van der Waals surface area contributed by atoms with Crippen LogP contribution in [0.25, 0.3) is 0 Å². The summed E-state index contributed by atoms with van der Waals surface area (Å²) in [5, 5.41) is 0. The van der Waals surface area contributed by atoms with Gasteiger partial charge in [-0.15, -0.1) is 0 Å². The molecule has 0 radical (unpaired) electrons. The second kappa shape index (κ2) is 8.45. The number of carbonyl (C=O) groups excluding carboxylic acids is 2. The van der Waals surface area contributed by atoms with Crippen molar-refractivity contribution >= 4 is 17.5 Å². The Labute approximate surface area is 175 Å². The number of aryl methyl sites for hydroxylation is 1. The average molecular weight is 404 g/mol. The SMILES string of the molecule is Cc1ccc2c(c1)N(CC(=O)N(Cc1ccccc1)Cc1ccco1)C(=O)[C@H](C)O2. The number of ether oxygens (including phenoxy) is 1. The first-order chi connectivity index (χ1) is 14.5. The lowest BCUT2D eigenvalue weighted by Gasteiger charge is -2.34. The van der Waals surface area contributed by atoms with Crippen molar-refractivity contribution in [3.63, 3.8) is 0 Å². The highest BCUT2D eigenvalue weighted by Gasteiger charge is 2.34. The molecular weight excluding hydrogens is 380 g/mol. The van der Waals surface area contributed by atoms with E-state index in [0.29, 0.717) is 30.3 Å². The van der Waals surface area contributed by atoms with E-state index in [1.54, 1.807) is 24.2 Å². The van der Waals surface area contributed by atoms with Crippen LogP contribution in [0, 0.1) is 6.92 Å². The summed E-state index contributed by atoms with van der Waals surface area (Å²) in [6.45, 7) is 4.34. The molecular formula is C24H24N2O4.